The lowest BCUT2D eigenvalue weighted by molar-refractivity contribution is 0.155. The lowest BCUT2D eigenvalue weighted by atomic mass is 10.2. The zero-order valence-corrected chi connectivity index (χ0v) is 12.5. The highest BCUT2D eigenvalue weighted by molar-refractivity contribution is 8.00. The molecule has 0 aliphatic carbocycles. The van der Waals surface area contributed by atoms with Crippen molar-refractivity contribution in [1.82, 2.24) is 14.8 Å². The molecule has 2 rings (SSSR count). The van der Waals surface area contributed by atoms with E-state index in [1.165, 1.54) is 47.6 Å². The number of hydrogen-bond acceptors (Lipinski definition) is 5. The van der Waals surface area contributed by atoms with E-state index >= 15 is 0 Å². The summed E-state index contributed by atoms with van der Waals surface area (Å²) in [6.07, 6.45) is 3.26. The molecule has 17 heavy (non-hydrogen) atoms. The first kappa shape index (κ1) is 13.3. The van der Waals surface area contributed by atoms with Crippen LogP contribution in [0.3, 0.4) is 0 Å². The fourth-order valence-corrected chi connectivity index (χ4v) is 3.70. The molecule has 1 saturated heterocycles. The first-order chi connectivity index (χ1) is 8.19. The molecular weight excluding hydrogens is 250 g/mol. The van der Waals surface area contributed by atoms with Gasteiger partial charge in [-0.05, 0) is 26.6 Å². The van der Waals surface area contributed by atoms with E-state index in [0.717, 1.165) is 6.42 Å². The van der Waals surface area contributed by atoms with Crippen LogP contribution in [0.15, 0.2) is 4.34 Å². The number of aromatic nitrogens is 1. The lowest BCUT2D eigenvalue weighted by Crippen LogP contribution is -2.45. The number of piperazine rings is 1. The fourth-order valence-electron chi connectivity index (χ4n) is 2.05. The summed E-state index contributed by atoms with van der Waals surface area (Å²) < 4.78 is 1.20. The second-order valence-electron chi connectivity index (χ2n) is 4.59. The third kappa shape index (κ3) is 3.68. The summed E-state index contributed by atoms with van der Waals surface area (Å²) >= 11 is 3.62. The Hall–Kier alpha value is -0.100. The quantitative estimate of drug-likeness (QED) is 0.780. The van der Waals surface area contributed by atoms with Crippen molar-refractivity contribution in [2.24, 2.45) is 0 Å². The number of aryl methyl sites for hydroxylation is 1. The number of thiazole rings is 1. The molecule has 96 valence electrons. The van der Waals surface area contributed by atoms with E-state index in [1.807, 2.05) is 11.3 Å². The van der Waals surface area contributed by atoms with Gasteiger partial charge >= 0.3 is 0 Å². The maximum Gasteiger partial charge on any atom is 0.150 e. The topological polar surface area (TPSA) is 19.4 Å². The van der Waals surface area contributed by atoms with Crippen molar-refractivity contribution in [3.63, 3.8) is 0 Å². The summed E-state index contributed by atoms with van der Waals surface area (Å²) in [7, 11) is 2.20. The predicted octanol–water partition coefficient (Wildman–Crippen LogP) is 1.96. The first-order valence-electron chi connectivity index (χ1n) is 6.10. The number of likely N-dealkylation sites (N-methyl/N-ethyl adjacent to an activating group) is 1. The van der Waals surface area contributed by atoms with Crippen LogP contribution in [0, 0.1) is 6.92 Å². The molecule has 0 bridgehead atoms. The largest absolute Gasteiger partial charge is 0.304 e. The van der Waals surface area contributed by atoms with Gasteiger partial charge in [0.2, 0.25) is 0 Å². The van der Waals surface area contributed by atoms with Crippen molar-refractivity contribution >= 4 is 23.1 Å². The van der Waals surface area contributed by atoms with Crippen LogP contribution in [-0.4, -0.2) is 60.8 Å². The average molecular weight is 271 g/mol. The van der Waals surface area contributed by atoms with Crippen LogP contribution in [0.2, 0.25) is 0 Å². The Labute approximate surface area is 112 Å². The van der Waals surface area contributed by atoms with E-state index in [0.29, 0.717) is 0 Å². The van der Waals surface area contributed by atoms with Crippen LogP contribution in [0.4, 0.5) is 0 Å². The van der Waals surface area contributed by atoms with Crippen molar-refractivity contribution in [3.8, 4) is 0 Å². The molecule has 1 aliphatic rings. The molecule has 1 aromatic rings. The minimum absolute atomic E-state index is 1.16. The van der Waals surface area contributed by atoms with Gasteiger partial charge in [-0.3, -0.25) is 0 Å². The van der Waals surface area contributed by atoms with Crippen LogP contribution in [0.1, 0.15) is 10.6 Å². The van der Waals surface area contributed by atoms with Crippen LogP contribution >= 0.6 is 23.1 Å². The molecule has 0 atom stereocenters. The van der Waals surface area contributed by atoms with Crippen molar-refractivity contribution < 1.29 is 0 Å². The molecule has 0 N–H and O–H groups in total. The van der Waals surface area contributed by atoms with Gasteiger partial charge in [-0.25, -0.2) is 4.98 Å². The Bertz CT molecular complexity index is 357. The van der Waals surface area contributed by atoms with Crippen LogP contribution in [0.25, 0.3) is 0 Å². The van der Waals surface area contributed by atoms with Gasteiger partial charge in [-0.2, -0.15) is 0 Å². The maximum atomic E-state index is 4.56. The minimum atomic E-state index is 1.16. The summed E-state index contributed by atoms with van der Waals surface area (Å²) in [6, 6.07) is 0. The zero-order valence-electron chi connectivity index (χ0n) is 10.9. The number of hydrogen-bond donors (Lipinski definition) is 0. The third-order valence-corrected chi connectivity index (χ3v) is 5.50. The Balaban J connectivity index is 1.83. The van der Waals surface area contributed by atoms with Gasteiger partial charge < -0.3 is 9.80 Å². The molecule has 3 nitrogen and oxygen atoms in total. The molecule has 0 unspecified atom stereocenters. The van der Waals surface area contributed by atoms with Gasteiger partial charge in [0.1, 0.15) is 4.34 Å². The highest BCUT2D eigenvalue weighted by Crippen LogP contribution is 2.25. The van der Waals surface area contributed by atoms with Crippen LogP contribution < -0.4 is 0 Å². The fraction of sp³-hybridized carbons (Fsp3) is 0.750. The molecule has 0 radical (unpaired) electrons. The summed E-state index contributed by atoms with van der Waals surface area (Å²) in [5, 5.41) is 0. The molecule has 1 aromatic heterocycles. The Morgan fingerprint density at radius 2 is 2.00 bits per heavy atom. The van der Waals surface area contributed by atoms with E-state index in [-0.39, 0.29) is 0 Å². The smallest absolute Gasteiger partial charge is 0.150 e. The molecule has 0 aromatic carbocycles. The molecular formula is C12H21N3S2. The second kappa shape index (κ2) is 6.18. The molecule has 0 saturated carbocycles. The van der Waals surface area contributed by atoms with E-state index < -0.39 is 0 Å². The van der Waals surface area contributed by atoms with Crippen LogP contribution in [-0.2, 0) is 6.42 Å². The van der Waals surface area contributed by atoms with Crippen molar-refractivity contribution in [1.29, 1.82) is 0 Å². The predicted molar refractivity (Wildman–Crippen MR) is 76.3 cm³/mol. The van der Waals surface area contributed by atoms with E-state index in [2.05, 4.69) is 35.0 Å². The van der Waals surface area contributed by atoms with E-state index in [9.17, 15) is 0 Å². The van der Waals surface area contributed by atoms with E-state index in [1.54, 1.807) is 11.8 Å². The van der Waals surface area contributed by atoms with Gasteiger partial charge in [-0.1, -0.05) is 11.8 Å². The maximum absolute atomic E-state index is 4.56. The monoisotopic (exact) mass is 271 g/mol. The van der Waals surface area contributed by atoms with Gasteiger partial charge in [0.05, 0.1) is 5.69 Å². The van der Waals surface area contributed by atoms with Crippen molar-refractivity contribution in [2.75, 3.05) is 46.0 Å². The summed E-state index contributed by atoms with van der Waals surface area (Å²) in [5.74, 6) is 0. The van der Waals surface area contributed by atoms with Gasteiger partial charge in [0, 0.05) is 37.6 Å². The Morgan fingerprint density at radius 1 is 1.29 bits per heavy atom. The summed E-state index contributed by atoms with van der Waals surface area (Å²) in [6.45, 7) is 8.16. The van der Waals surface area contributed by atoms with Gasteiger partial charge in [0.25, 0.3) is 0 Å². The molecule has 1 aliphatic heterocycles. The first-order valence-corrected chi connectivity index (χ1v) is 8.14. The Kier molecular flexibility index (Phi) is 4.85. The molecule has 2 heterocycles. The number of nitrogens with zero attached hydrogens (tertiary/aromatic N) is 3. The summed E-state index contributed by atoms with van der Waals surface area (Å²) in [4.78, 5) is 11.0. The second-order valence-corrected chi connectivity index (χ2v) is 6.72. The molecule has 1 fully saturated rings. The number of thioether (sulfide) groups is 1. The lowest BCUT2D eigenvalue weighted by Gasteiger charge is -2.32. The van der Waals surface area contributed by atoms with E-state index in [4.69, 9.17) is 0 Å². The minimum Gasteiger partial charge on any atom is -0.304 e. The van der Waals surface area contributed by atoms with Gasteiger partial charge in [-0.15, -0.1) is 11.3 Å². The highest BCUT2D eigenvalue weighted by atomic mass is 32.2. The number of rotatable bonds is 4. The van der Waals surface area contributed by atoms with Crippen molar-refractivity contribution in [2.45, 2.75) is 17.7 Å². The zero-order chi connectivity index (χ0) is 12.3. The molecule has 0 amide bonds. The molecule has 0 spiro atoms. The SMILES string of the molecule is CSc1nc(C)c(CCN2CCN(C)CC2)s1. The highest BCUT2D eigenvalue weighted by Gasteiger charge is 2.14. The van der Waals surface area contributed by atoms with Crippen LogP contribution in [0.5, 0.6) is 0 Å². The summed E-state index contributed by atoms with van der Waals surface area (Å²) in [5.41, 5.74) is 1.23. The van der Waals surface area contributed by atoms with Crippen molar-refractivity contribution in [3.05, 3.63) is 10.6 Å². The Morgan fingerprint density at radius 3 is 2.59 bits per heavy atom. The standard InChI is InChI=1S/C12H21N3S2/c1-10-11(17-12(13-10)16-3)4-5-15-8-6-14(2)7-9-15/h4-9H2,1-3H3. The average Bonchev–Trinajstić information content (AvgIpc) is 2.69. The third-order valence-electron chi connectivity index (χ3n) is 3.30. The van der Waals surface area contributed by atoms with Gasteiger partial charge in [0.15, 0.2) is 0 Å². The normalized spacial score (nSPS) is 18.8. The molecule has 5 heteroatoms.